The van der Waals surface area contributed by atoms with Gasteiger partial charge in [0.15, 0.2) is 11.5 Å². The minimum Gasteiger partial charge on any atom is -0.478 e. The summed E-state index contributed by atoms with van der Waals surface area (Å²) in [7, 11) is 0. The minimum absolute atomic E-state index is 0.237. The molecule has 1 fully saturated rings. The maximum absolute atomic E-state index is 14.8. The van der Waals surface area contributed by atoms with E-state index in [0.717, 1.165) is 54.2 Å². The Morgan fingerprint density at radius 1 is 1.16 bits per heavy atom. The second-order valence-electron chi connectivity index (χ2n) is 11.5. The van der Waals surface area contributed by atoms with Crippen molar-refractivity contribution in [1.82, 2.24) is 24.4 Å². The first kappa shape index (κ1) is 28.4. The summed E-state index contributed by atoms with van der Waals surface area (Å²) in [6, 6.07) is 15.5. The average molecular weight is 616 g/mol. The van der Waals surface area contributed by atoms with Gasteiger partial charge in [0.2, 0.25) is 0 Å². The molecule has 226 valence electrons. The van der Waals surface area contributed by atoms with Crippen LogP contribution in [0.2, 0.25) is 5.02 Å². The second-order valence-corrected chi connectivity index (χ2v) is 11.9. The topological polar surface area (TPSA) is 106 Å². The van der Waals surface area contributed by atoms with Crippen LogP contribution in [0.5, 0.6) is 11.5 Å². The monoisotopic (exact) mass is 615 g/mol. The van der Waals surface area contributed by atoms with Crippen LogP contribution in [-0.4, -0.2) is 48.6 Å². The van der Waals surface area contributed by atoms with Gasteiger partial charge in [-0.3, -0.25) is 4.90 Å². The molecule has 5 aromatic rings. The van der Waals surface area contributed by atoms with Crippen LogP contribution in [0.1, 0.15) is 58.8 Å². The van der Waals surface area contributed by atoms with E-state index in [-0.39, 0.29) is 11.5 Å². The van der Waals surface area contributed by atoms with Crippen LogP contribution in [0.3, 0.4) is 0 Å². The number of ether oxygens (including phenoxy) is 2. The van der Waals surface area contributed by atoms with Crippen molar-refractivity contribution in [3.8, 4) is 11.5 Å². The maximum Gasteiger partial charge on any atom is 0.335 e. The third-order valence-electron chi connectivity index (χ3n) is 8.63. The molecule has 0 spiro atoms. The molecule has 0 aliphatic carbocycles. The molecule has 0 bridgehead atoms. The molecule has 1 saturated heterocycles. The molecule has 1 atom stereocenters. The number of fused-ring (bicyclic) bond motifs is 2. The van der Waals surface area contributed by atoms with Gasteiger partial charge in [-0.15, -0.1) is 0 Å². The summed E-state index contributed by atoms with van der Waals surface area (Å²) in [6.07, 6.45) is 6.00. The summed E-state index contributed by atoms with van der Waals surface area (Å²) in [5.41, 5.74) is 3.17. The number of hydrogen-bond donors (Lipinski definition) is 2. The van der Waals surface area contributed by atoms with E-state index in [9.17, 15) is 14.3 Å². The zero-order valence-electron chi connectivity index (χ0n) is 24.1. The Balaban J connectivity index is 1.08. The van der Waals surface area contributed by atoms with E-state index in [0.29, 0.717) is 41.6 Å². The zero-order chi connectivity index (χ0) is 30.4. The number of H-pyrrole nitrogens is 1. The lowest BCUT2D eigenvalue weighted by molar-refractivity contribution is -0.0712. The highest BCUT2D eigenvalue weighted by molar-refractivity contribution is 6.30. The summed E-state index contributed by atoms with van der Waals surface area (Å²) in [5.74, 6) is 0.549. The fraction of sp³-hybridized carbons (Fsp3) is 0.303. The van der Waals surface area contributed by atoms with Gasteiger partial charge in [-0.05, 0) is 74.3 Å². The Kier molecular flexibility index (Phi) is 7.26. The number of benzene rings is 3. The zero-order valence-corrected chi connectivity index (χ0v) is 24.9. The molecule has 7 rings (SSSR count). The average Bonchev–Trinajstić information content (AvgIpc) is 3.73. The molecule has 2 aliphatic heterocycles. The number of aryl methyl sites for hydroxylation is 2. The van der Waals surface area contributed by atoms with Gasteiger partial charge in [-0.2, -0.15) is 0 Å². The van der Waals surface area contributed by atoms with Crippen LogP contribution in [0.15, 0.2) is 67.0 Å². The minimum atomic E-state index is -1.29. The van der Waals surface area contributed by atoms with E-state index < -0.39 is 17.6 Å². The van der Waals surface area contributed by atoms with Crippen LogP contribution in [-0.2, 0) is 25.3 Å². The fourth-order valence-corrected chi connectivity index (χ4v) is 6.53. The first-order valence-electron chi connectivity index (χ1n) is 14.7. The molecular formula is C33H31ClFN5O4. The van der Waals surface area contributed by atoms with Crippen molar-refractivity contribution in [3.05, 3.63) is 106 Å². The van der Waals surface area contributed by atoms with E-state index >= 15 is 0 Å². The van der Waals surface area contributed by atoms with Crippen molar-refractivity contribution in [1.29, 1.82) is 0 Å². The van der Waals surface area contributed by atoms with Gasteiger partial charge >= 0.3 is 5.97 Å². The molecule has 9 nitrogen and oxygen atoms in total. The van der Waals surface area contributed by atoms with Crippen molar-refractivity contribution >= 4 is 28.6 Å². The number of halogens is 2. The molecule has 2 aliphatic rings. The molecule has 0 saturated carbocycles. The number of aromatic amines is 1. The third-order valence-corrected chi connectivity index (χ3v) is 8.86. The SMILES string of the molecule is CC1(c2ccc(Cl)cc2F)Oc2cccc(C3CCN(Cc4nc5ccc(C(=O)O)cc5n4CCc4ncc[nH]4)CC3)c2O1. The number of aromatic nitrogens is 4. The van der Waals surface area contributed by atoms with Gasteiger partial charge in [0, 0.05) is 42.9 Å². The quantitative estimate of drug-likeness (QED) is 0.205. The molecule has 44 heavy (non-hydrogen) atoms. The number of aromatic carboxylic acids is 1. The Morgan fingerprint density at radius 2 is 2.00 bits per heavy atom. The number of rotatable bonds is 8. The summed E-state index contributed by atoms with van der Waals surface area (Å²) >= 11 is 5.98. The highest BCUT2D eigenvalue weighted by Gasteiger charge is 2.43. The van der Waals surface area contributed by atoms with Crippen LogP contribution in [0.25, 0.3) is 11.0 Å². The predicted molar refractivity (Wildman–Crippen MR) is 163 cm³/mol. The normalized spacial score (nSPS) is 18.7. The summed E-state index contributed by atoms with van der Waals surface area (Å²) in [6.45, 7) is 4.69. The van der Waals surface area contributed by atoms with Gasteiger partial charge in [0.1, 0.15) is 17.5 Å². The summed E-state index contributed by atoms with van der Waals surface area (Å²) < 4.78 is 29.5. The highest BCUT2D eigenvalue weighted by Crippen LogP contribution is 2.49. The van der Waals surface area contributed by atoms with Crippen molar-refractivity contribution in [3.63, 3.8) is 0 Å². The number of para-hydroxylation sites is 1. The Labute approximate surface area is 258 Å². The van der Waals surface area contributed by atoms with Crippen molar-refractivity contribution < 1.29 is 23.8 Å². The van der Waals surface area contributed by atoms with Gasteiger partial charge in [0.25, 0.3) is 5.79 Å². The Bertz CT molecular complexity index is 1850. The van der Waals surface area contributed by atoms with Gasteiger partial charge in [-0.1, -0.05) is 23.7 Å². The maximum atomic E-state index is 14.8. The fourth-order valence-electron chi connectivity index (χ4n) is 6.37. The number of hydrogen-bond acceptors (Lipinski definition) is 6. The summed E-state index contributed by atoms with van der Waals surface area (Å²) in [5, 5.41) is 9.89. The van der Waals surface area contributed by atoms with E-state index in [1.807, 2.05) is 12.1 Å². The lowest BCUT2D eigenvalue weighted by Crippen LogP contribution is -2.34. The number of nitrogens with zero attached hydrogens (tertiary/aromatic N) is 4. The first-order chi connectivity index (χ1) is 21.3. The van der Waals surface area contributed by atoms with Gasteiger partial charge < -0.3 is 24.1 Å². The molecule has 4 heterocycles. The molecule has 0 amide bonds. The largest absolute Gasteiger partial charge is 0.478 e. The molecular weight excluding hydrogens is 585 g/mol. The number of likely N-dealkylation sites (tertiary alicyclic amines) is 1. The number of piperidine rings is 1. The number of carboxylic acid groups (broad SMARTS) is 1. The van der Waals surface area contributed by atoms with Gasteiger partial charge in [-0.25, -0.2) is 19.2 Å². The van der Waals surface area contributed by atoms with Crippen molar-refractivity contribution in [2.24, 2.45) is 0 Å². The molecule has 2 aromatic heterocycles. The molecule has 11 heteroatoms. The van der Waals surface area contributed by atoms with Crippen LogP contribution in [0.4, 0.5) is 4.39 Å². The first-order valence-corrected chi connectivity index (χ1v) is 15.0. The third kappa shape index (κ3) is 5.28. The smallest absolute Gasteiger partial charge is 0.335 e. The van der Waals surface area contributed by atoms with E-state index in [2.05, 4.69) is 25.5 Å². The number of carboxylic acids is 1. The van der Waals surface area contributed by atoms with E-state index in [4.69, 9.17) is 26.1 Å². The molecule has 3 aromatic carbocycles. The summed E-state index contributed by atoms with van der Waals surface area (Å²) in [4.78, 5) is 26.5. The van der Waals surface area contributed by atoms with E-state index in [1.165, 1.54) is 6.07 Å². The second kappa shape index (κ2) is 11.3. The Hall–Kier alpha value is -4.41. The van der Waals surface area contributed by atoms with Crippen LogP contribution < -0.4 is 9.47 Å². The lowest BCUT2D eigenvalue weighted by atomic mass is 9.88. The van der Waals surface area contributed by atoms with Crippen LogP contribution in [0, 0.1) is 5.82 Å². The number of imidazole rings is 2. The van der Waals surface area contributed by atoms with Crippen LogP contribution >= 0.6 is 11.6 Å². The predicted octanol–water partition coefficient (Wildman–Crippen LogP) is 6.52. The molecule has 2 N–H and O–H groups in total. The standard InChI is InChI=1S/C33H31ClFN5O4/c1-33(24-7-6-22(34)18-25(24)35)43-28-4-2-3-23(31(28)44-33)20-9-14-39(15-10-20)19-30-38-26-8-5-21(32(41)42)17-27(26)40(30)16-11-29-36-12-13-37-29/h2-8,12-13,17-18,20H,9-11,14-16,19H2,1H3,(H,36,37)(H,41,42). The Morgan fingerprint density at radius 3 is 2.75 bits per heavy atom. The highest BCUT2D eigenvalue weighted by atomic mass is 35.5. The van der Waals surface area contributed by atoms with Crippen molar-refractivity contribution in [2.75, 3.05) is 13.1 Å². The lowest BCUT2D eigenvalue weighted by Gasteiger charge is -2.32. The van der Waals surface area contributed by atoms with Crippen molar-refractivity contribution in [2.45, 2.75) is 51.0 Å². The molecule has 0 radical (unpaired) electrons. The van der Waals surface area contributed by atoms with E-state index in [1.54, 1.807) is 49.6 Å². The van der Waals surface area contributed by atoms with Gasteiger partial charge in [0.05, 0.1) is 28.7 Å². The number of carbonyl (C=O) groups is 1. The molecule has 1 unspecified atom stereocenters. The number of nitrogens with one attached hydrogen (secondary N) is 1.